The van der Waals surface area contributed by atoms with Crippen LogP contribution in [0.15, 0.2) is 48.5 Å². The summed E-state index contributed by atoms with van der Waals surface area (Å²) in [4.78, 5) is 40.6. The molecule has 2 saturated heterocycles. The van der Waals surface area contributed by atoms with Crippen LogP contribution in [0.4, 0.5) is 19.7 Å². The molecule has 0 bridgehead atoms. The van der Waals surface area contributed by atoms with Gasteiger partial charge >= 0.3 is 12.1 Å². The van der Waals surface area contributed by atoms with E-state index in [2.05, 4.69) is 10.6 Å². The van der Waals surface area contributed by atoms with Gasteiger partial charge in [0.15, 0.2) is 0 Å². The predicted molar refractivity (Wildman–Crippen MR) is 109 cm³/mol. The van der Waals surface area contributed by atoms with E-state index in [1.54, 1.807) is 36.4 Å². The molecule has 2 N–H and O–H groups in total. The van der Waals surface area contributed by atoms with E-state index in [0.29, 0.717) is 17.9 Å². The van der Waals surface area contributed by atoms with Crippen molar-refractivity contribution in [2.24, 2.45) is 0 Å². The average molecular weight is 431 g/mol. The molecule has 2 heterocycles. The highest BCUT2D eigenvalue weighted by Gasteiger charge is 2.52. The second-order valence-corrected chi connectivity index (χ2v) is 7.86. The number of carbonyl (C=O) groups is 3. The molecule has 0 radical (unpaired) electrons. The number of hydrogen-bond donors (Lipinski definition) is 2. The van der Waals surface area contributed by atoms with Gasteiger partial charge in [0.25, 0.3) is 5.91 Å². The van der Waals surface area contributed by atoms with Gasteiger partial charge in [0.2, 0.25) is 0 Å². The zero-order valence-corrected chi connectivity index (χ0v) is 16.8. The molecule has 0 unspecified atom stereocenters. The van der Waals surface area contributed by atoms with E-state index >= 15 is 0 Å². The molecule has 2 aromatic carbocycles. The normalized spacial score (nSPS) is 17.9. The van der Waals surface area contributed by atoms with Gasteiger partial charge in [-0.15, -0.1) is 0 Å². The van der Waals surface area contributed by atoms with Crippen LogP contribution in [0.1, 0.15) is 18.4 Å². The van der Waals surface area contributed by atoms with Crippen molar-refractivity contribution in [2.75, 3.05) is 18.4 Å². The summed E-state index contributed by atoms with van der Waals surface area (Å²) >= 11 is 5.88. The summed E-state index contributed by atoms with van der Waals surface area (Å²) in [6.07, 6.45) is 0.582. The van der Waals surface area contributed by atoms with Crippen molar-refractivity contribution in [3.63, 3.8) is 0 Å². The molecule has 1 spiro atoms. The van der Waals surface area contributed by atoms with Crippen LogP contribution in [0.25, 0.3) is 0 Å². The van der Waals surface area contributed by atoms with Crippen LogP contribution in [0.3, 0.4) is 0 Å². The van der Waals surface area contributed by atoms with Crippen LogP contribution in [0.2, 0.25) is 5.02 Å². The minimum atomic E-state index is -1.02. The van der Waals surface area contributed by atoms with Crippen molar-refractivity contribution in [3.8, 4) is 0 Å². The Hall–Kier alpha value is -3.13. The lowest BCUT2D eigenvalue weighted by molar-refractivity contribution is -0.133. The number of para-hydroxylation sites is 1. The zero-order valence-electron chi connectivity index (χ0n) is 16.0. The average Bonchev–Trinajstić information content (AvgIpc) is 2.96. The molecule has 4 rings (SSSR count). The van der Waals surface area contributed by atoms with Gasteiger partial charge in [-0.2, -0.15) is 0 Å². The molecule has 0 aliphatic carbocycles. The van der Waals surface area contributed by atoms with Crippen molar-refractivity contribution in [1.29, 1.82) is 0 Å². The number of imide groups is 1. The number of amides is 5. The number of benzene rings is 2. The van der Waals surface area contributed by atoms with E-state index in [1.807, 2.05) is 0 Å². The molecule has 2 aromatic rings. The molecule has 9 heteroatoms. The predicted octanol–water partition coefficient (Wildman–Crippen LogP) is 3.60. The van der Waals surface area contributed by atoms with Gasteiger partial charge in [0.05, 0.1) is 12.2 Å². The largest absolute Gasteiger partial charge is 0.325 e. The highest BCUT2D eigenvalue weighted by Crippen LogP contribution is 2.31. The maximum absolute atomic E-state index is 13.8. The fourth-order valence-corrected chi connectivity index (χ4v) is 3.91. The third-order valence-electron chi connectivity index (χ3n) is 5.52. The number of urea groups is 2. The molecule has 0 atom stereocenters. The Labute approximate surface area is 177 Å². The SMILES string of the molecule is O=C(Nc1ccccc1F)N1CCC2(CC1)NC(=O)N(Cc1ccc(Cl)cc1)C2=O. The van der Waals surface area contributed by atoms with Gasteiger partial charge in [-0.1, -0.05) is 35.9 Å². The van der Waals surface area contributed by atoms with E-state index in [9.17, 15) is 18.8 Å². The van der Waals surface area contributed by atoms with Gasteiger partial charge in [-0.3, -0.25) is 9.69 Å². The van der Waals surface area contributed by atoms with Gasteiger partial charge in [0.1, 0.15) is 11.4 Å². The lowest BCUT2D eigenvalue weighted by atomic mass is 9.87. The smallest absolute Gasteiger partial charge is 0.324 e. The number of nitrogens with one attached hydrogen (secondary N) is 2. The second-order valence-electron chi connectivity index (χ2n) is 7.43. The molecule has 0 saturated carbocycles. The van der Waals surface area contributed by atoms with Crippen LogP contribution < -0.4 is 10.6 Å². The van der Waals surface area contributed by atoms with E-state index in [4.69, 9.17) is 11.6 Å². The Bertz CT molecular complexity index is 990. The molecule has 0 aromatic heterocycles. The summed E-state index contributed by atoms with van der Waals surface area (Å²) in [6, 6.07) is 12.0. The second kappa shape index (κ2) is 7.95. The summed E-state index contributed by atoms with van der Waals surface area (Å²) < 4.78 is 13.8. The fraction of sp³-hybridized carbons (Fsp3) is 0.286. The standard InChI is InChI=1S/C21H20ClFN4O3/c22-15-7-5-14(6-8-15)13-27-18(28)21(25-20(27)30)9-11-26(12-10-21)19(29)24-17-4-2-1-3-16(17)23/h1-8H,9-13H2,(H,24,29)(H,25,30). The van der Waals surface area contributed by atoms with E-state index in [-0.39, 0.29) is 31.2 Å². The number of anilines is 1. The maximum Gasteiger partial charge on any atom is 0.325 e. The quantitative estimate of drug-likeness (QED) is 0.730. The first kappa shape index (κ1) is 20.2. The Kier molecular flexibility index (Phi) is 5.34. The van der Waals surface area contributed by atoms with Crippen molar-refractivity contribution < 1.29 is 18.8 Å². The number of carbonyl (C=O) groups excluding carboxylic acids is 3. The number of piperidine rings is 1. The molecular formula is C21H20ClFN4O3. The van der Waals surface area contributed by atoms with Crippen LogP contribution >= 0.6 is 11.6 Å². The summed E-state index contributed by atoms with van der Waals surface area (Å²) in [5, 5.41) is 5.93. The Morgan fingerprint density at radius 3 is 2.43 bits per heavy atom. The first-order valence-corrected chi connectivity index (χ1v) is 9.95. The van der Waals surface area contributed by atoms with Crippen LogP contribution in [0, 0.1) is 5.82 Å². The third-order valence-corrected chi connectivity index (χ3v) is 5.77. The fourth-order valence-electron chi connectivity index (χ4n) is 3.78. The van der Waals surface area contributed by atoms with Crippen molar-refractivity contribution in [1.82, 2.24) is 15.1 Å². The highest BCUT2D eigenvalue weighted by molar-refractivity contribution is 6.30. The first-order chi connectivity index (χ1) is 14.4. The monoisotopic (exact) mass is 430 g/mol. The van der Waals surface area contributed by atoms with Crippen molar-refractivity contribution >= 4 is 35.3 Å². The van der Waals surface area contributed by atoms with E-state index in [1.165, 1.54) is 21.9 Å². The number of rotatable bonds is 3. The minimum absolute atomic E-state index is 0.0992. The first-order valence-electron chi connectivity index (χ1n) is 9.57. The number of hydrogen-bond acceptors (Lipinski definition) is 3. The molecule has 30 heavy (non-hydrogen) atoms. The van der Waals surface area contributed by atoms with Gasteiger partial charge in [-0.25, -0.2) is 14.0 Å². The minimum Gasteiger partial charge on any atom is -0.324 e. The van der Waals surface area contributed by atoms with Crippen molar-refractivity contribution in [2.45, 2.75) is 24.9 Å². The van der Waals surface area contributed by atoms with Crippen LogP contribution in [-0.4, -0.2) is 46.4 Å². The highest BCUT2D eigenvalue weighted by atomic mass is 35.5. The number of nitrogens with zero attached hydrogens (tertiary/aromatic N) is 2. The summed E-state index contributed by atoms with van der Waals surface area (Å²) in [6.45, 7) is 0.684. The van der Waals surface area contributed by atoms with Gasteiger partial charge in [0, 0.05) is 18.1 Å². The molecule has 7 nitrogen and oxygen atoms in total. The molecular weight excluding hydrogens is 411 g/mol. The molecule has 2 aliphatic rings. The summed E-state index contributed by atoms with van der Waals surface area (Å²) in [5.41, 5.74) is -0.123. The molecule has 5 amide bonds. The number of likely N-dealkylation sites (tertiary alicyclic amines) is 1. The molecule has 2 fully saturated rings. The maximum atomic E-state index is 13.8. The van der Waals surface area contributed by atoms with Crippen molar-refractivity contribution in [3.05, 3.63) is 64.9 Å². The van der Waals surface area contributed by atoms with Gasteiger partial charge < -0.3 is 15.5 Å². The van der Waals surface area contributed by atoms with E-state index < -0.39 is 23.4 Å². The topological polar surface area (TPSA) is 81.8 Å². The lowest BCUT2D eigenvalue weighted by Crippen LogP contribution is -2.56. The molecule has 2 aliphatic heterocycles. The Morgan fingerprint density at radius 2 is 1.77 bits per heavy atom. The third kappa shape index (κ3) is 3.82. The molecule has 156 valence electrons. The van der Waals surface area contributed by atoms with Gasteiger partial charge in [-0.05, 0) is 42.7 Å². The Morgan fingerprint density at radius 1 is 1.10 bits per heavy atom. The summed E-state index contributed by atoms with van der Waals surface area (Å²) in [5.74, 6) is -0.813. The van der Waals surface area contributed by atoms with Crippen LogP contribution in [0.5, 0.6) is 0 Å². The summed E-state index contributed by atoms with van der Waals surface area (Å²) in [7, 11) is 0. The zero-order chi connectivity index (χ0) is 21.3. The number of halogens is 2. The van der Waals surface area contributed by atoms with E-state index in [0.717, 1.165) is 5.56 Å². The van der Waals surface area contributed by atoms with Crippen LogP contribution in [-0.2, 0) is 11.3 Å². The lowest BCUT2D eigenvalue weighted by Gasteiger charge is -2.37. The Balaban J connectivity index is 1.39.